The Balaban J connectivity index is 2.55. The van der Waals surface area contributed by atoms with E-state index in [0.29, 0.717) is 0 Å². The second-order valence-electron chi connectivity index (χ2n) is 8.42. The van der Waals surface area contributed by atoms with Gasteiger partial charge in [-0.05, 0) is 0 Å². The number of hydrogen-bond donors (Lipinski definition) is 0. The van der Waals surface area contributed by atoms with Gasteiger partial charge in [0.15, 0.2) is 24.4 Å². The number of ether oxygens (including phenoxy) is 8. The van der Waals surface area contributed by atoms with Gasteiger partial charge in [0.05, 0.1) is 11.8 Å². The van der Waals surface area contributed by atoms with Gasteiger partial charge in [-0.25, -0.2) is 0 Å². The molecule has 13 nitrogen and oxygen atoms in total. The quantitative estimate of drug-likeness (QED) is 0.198. The molecule has 0 saturated carbocycles. The minimum Gasteiger partial charge on any atom is -0.463 e. The molecule has 2 aliphatic heterocycles. The summed E-state index contributed by atoms with van der Waals surface area (Å²) in [5.41, 5.74) is 0. The molecule has 0 aromatic rings. The molecular formula is C22H29Cl3O13. The maximum absolute atomic E-state index is 12.0. The number of esters is 5. The van der Waals surface area contributed by atoms with Crippen molar-refractivity contribution in [3.8, 4) is 0 Å². The van der Waals surface area contributed by atoms with Crippen LogP contribution in [0.2, 0.25) is 0 Å². The van der Waals surface area contributed by atoms with Gasteiger partial charge in [-0.15, -0.1) is 34.8 Å². The number of halogens is 3. The lowest BCUT2D eigenvalue weighted by molar-refractivity contribution is -0.359. The fourth-order valence-corrected chi connectivity index (χ4v) is 4.83. The summed E-state index contributed by atoms with van der Waals surface area (Å²) < 4.78 is 44.3. The van der Waals surface area contributed by atoms with E-state index in [1.807, 2.05) is 0 Å². The predicted molar refractivity (Wildman–Crippen MR) is 127 cm³/mol. The van der Waals surface area contributed by atoms with Crippen molar-refractivity contribution in [2.45, 2.75) is 88.7 Å². The maximum atomic E-state index is 12.0. The minimum absolute atomic E-state index is 0.231. The molecule has 2 rings (SSSR count). The highest BCUT2D eigenvalue weighted by atomic mass is 35.5. The minimum atomic E-state index is -2.07. The Labute approximate surface area is 233 Å². The molecule has 2 heterocycles. The standard InChI is InChI=1S/C22H29Cl3O13/c1-9(26)31-7-15-16(25)18(33-11(3)28)19(34-12(4)29)21(36-15)38-22(8-24)20(35-13(5)30)17(32-10(2)27)14(6-23)37-22/h14-21H,6-8H2,1-5H3/t14-,15+,16-,17+,18+,19-,20+,21-,22+/m1/s1. The van der Waals surface area contributed by atoms with E-state index in [1.54, 1.807) is 0 Å². The van der Waals surface area contributed by atoms with E-state index in [4.69, 9.17) is 72.7 Å². The van der Waals surface area contributed by atoms with Gasteiger partial charge in [0.25, 0.3) is 0 Å². The summed E-state index contributed by atoms with van der Waals surface area (Å²) in [4.78, 5) is 59.0. The summed E-state index contributed by atoms with van der Waals surface area (Å²) in [6.45, 7) is 5.18. The van der Waals surface area contributed by atoms with Gasteiger partial charge in [-0.2, -0.15) is 0 Å². The van der Waals surface area contributed by atoms with Gasteiger partial charge in [-0.1, -0.05) is 0 Å². The van der Waals surface area contributed by atoms with Crippen LogP contribution in [0.3, 0.4) is 0 Å². The van der Waals surface area contributed by atoms with E-state index < -0.39 is 96.4 Å². The smallest absolute Gasteiger partial charge is 0.303 e. The third-order valence-corrected chi connectivity index (χ3v) is 6.53. The van der Waals surface area contributed by atoms with Crippen LogP contribution >= 0.6 is 34.8 Å². The van der Waals surface area contributed by atoms with Gasteiger partial charge >= 0.3 is 29.8 Å². The molecular weight excluding hydrogens is 579 g/mol. The van der Waals surface area contributed by atoms with Crippen molar-refractivity contribution in [2.75, 3.05) is 18.4 Å². The molecule has 16 heteroatoms. The van der Waals surface area contributed by atoms with E-state index in [1.165, 1.54) is 0 Å². The van der Waals surface area contributed by atoms with E-state index in [-0.39, 0.29) is 5.88 Å². The van der Waals surface area contributed by atoms with Crippen molar-refractivity contribution >= 4 is 64.6 Å². The molecule has 0 aromatic heterocycles. The fourth-order valence-electron chi connectivity index (χ4n) is 3.99. The number of hydrogen-bond acceptors (Lipinski definition) is 13. The summed E-state index contributed by atoms with van der Waals surface area (Å²) in [6.07, 6.45) is -9.38. The molecule has 0 spiro atoms. The van der Waals surface area contributed by atoms with Crippen LogP contribution in [0.4, 0.5) is 0 Å². The molecule has 0 aliphatic carbocycles. The Morgan fingerprint density at radius 3 is 1.74 bits per heavy atom. The highest BCUT2D eigenvalue weighted by molar-refractivity contribution is 6.21. The van der Waals surface area contributed by atoms with E-state index >= 15 is 0 Å². The van der Waals surface area contributed by atoms with Gasteiger partial charge in [-0.3, -0.25) is 24.0 Å². The number of carbonyl (C=O) groups is 5. The first-order chi connectivity index (χ1) is 17.7. The van der Waals surface area contributed by atoms with Gasteiger partial charge in [0.2, 0.25) is 12.1 Å². The number of carbonyl (C=O) groups excluding carboxylic acids is 5. The van der Waals surface area contributed by atoms with Crippen molar-refractivity contribution in [1.82, 2.24) is 0 Å². The molecule has 2 aliphatic rings. The SMILES string of the molecule is CC(=O)OC[C@@H]1O[C@H](O[C@]2(CCl)O[C@H](CCl)[C@H](OC(C)=O)[C@@H]2OC(C)=O)[C@H](OC(C)=O)[C@@H](OC(C)=O)[C@@H]1Cl. The summed E-state index contributed by atoms with van der Waals surface area (Å²) in [7, 11) is 0. The zero-order valence-corrected chi connectivity index (χ0v) is 23.4. The van der Waals surface area contributed by atoms with Gasteiger partial charge < -0.3 is 37.9 Å². The molecule has 0 radical (unpaired) electrons. The van der Waals surface area contributed by atoms with Gasteiger partial charge in [0, 0.05) is 34.6 Å². The number of rotatable bonds is 10. The third kappa shape index (κ3) is 8.06. The zero-order valence-electron chi connectivity index (χ0n) is 21.2. The molecule has 9 atom stereocenters. The second kappa shape index (κ2) is 13.9. The highest BCUT2D eigenvalue weighted by Crippen LogP contribution is 2.42. The zero-order chi connectivity index (χ0) is 28.8. The Morgan fingerprint density at radius 2 is 1.26 bits per heavy atom. The third-order valence-electron chi connectivity index (χ3n) is 5.32. The normalized spacial score (nSPS) is 34.6. The summed E-state index contributed by atoms with van der Waals surface area (Å²) in [5.74, 6) is -6.59. The Hall–Kier alpha value is -1.90. The van der Waals surface area contributed by atoms with Crippen LogP contribution in [0.1, 0.15) is 34.6 Å². The van der Waals surface area contributed by atoms with E-state index in [9.17, 15) is 24.0 Å². The van der Waals surface area contributed by atoms with Crippen LogP contribution in [0.25, 0.3) is 0 Å². The summed E-state index contributed by atoms with van der Waals surface area (Å²) in [5, 5.41) is -1.17. The molecule has 38 heavy (non-hydrogen) atoms. The van der Waals surface area contributed by atoms with Crippen molar-refractivity contribution < 1.29 is 61.9 Å². The molecule has 0 aromatic carbocycles. The fraction of sp³-hybridized carbons (Fsp3) is 0.773. The Bertz CT molecular complexity index is 902. The summed E-state index contributed by atoms with van der Waals surface area (Å²) >= 11 is 18.8. The first-order valence-electron chi connectivity index (χ1n) is 11.3. The topological polar surface area (TPSA) is 159 Å². The van der Waals surface area contributed by atoms with Crippen LogP contribution in [-0.2, 0) is 61.9 Å². The van der Waals surface area contributed by atoms with Crippen LogP contribution in [0.15, 0.2) is 0 Å². The van der Waals surface area contributed by atoms with E-state index in [2.05, 4.69) is 0 Å². The molecule has 0 bridgehead atoms. The molecule has 0 N–H and O–H groups in total. The molecule has 0 unspecified atom stereocenters. The van der Waals surface area contributed by atoms with Gasteiger partial charge in [0.1, 0.15) is 24.2 Å². The predicted octanol–water partition coefficient (Wildman–Crippen LogP) is 1.20. The molecule has 2 saturated heterocycles. The van der Waals surface area contributed by atoms with Crippen LogP contribution in [0.5, 0.6) is 0 Å². The van der Waals surface area contributed by atoms with Crippen LogP contribution < -0.4 is 0 Å². The van der Waals surface area contributed by atoms with Crippen molar-refractivity contribution in [3.63, 3.8) is 0 Å². The molecule has 2 fully saturated rings. The number of alkyl halides is 3. The first-order valence-corrected chi connectivity index (χ1v) is 12.8. The van der Waals surface area contributed by atoms with Crippen LogP contribution in [-0.4, -0.2) is 102 Å². The van der Waals surface area contributed by atoms with Crippen molar-refractivity contribution in [1.29, 1.82) is 0 Å². The lowest BCUT2D eigenvalue weighted by Crippen LogP contribution is -2.63. The average Bonchev–Trinajstić information content (AvgIpc) is 3.08. The Kier molecular flexibility index (Phi) is 11.9. The van der Waals surface area contributed by atoms with Crippen molar-refractivity contribution in [3.05, 3.63) is 0 Å². The van der Waals surface area contributed by atoms with Crippen molar-refractivity contribution in [2.24, 2.45) is 0 Å². The van der Waals surface area contributed by atoms with E-state index in [0.717, 1.165) is 34.6 Å². The lowest BCUT2D eigenvalue weighted by Gasteiger charge is -2.45. The highest BCUT2D eigenvalue weighted by Gasteiger charge is 2.63. The Morgan fingerprint density at radius 1 is 0.737 bits per heavy atom. The molecule has 216 valence electrons. The summed E-state index contributed by atoms with van der Waals surface area (Å²) in [6, 6.07) is 0. The lowest BCUT2D eigenvalue weighted by atomic mass is 10.0. The monoisotopic (exact) mass is 606 g/mol. The van der Waals surface area contributed by atoms with Crippen LogP contribution in [0, 0.1) is 0 Å². The first kappa shape index (κ1) is 32.3. The average molecular weight is 608 g/mol. The second-order valence-corrected chi connectivity index (χ2v) is 9.50. The maximum Gasteiger partial charge on any atom is 0.303 e. The largest absolute Gasteiger partial charge is 0.463 e. The molecule has 0 amide bonds.